The van der Waals surface area contributed by atoms with E-state index < -0.39 is 5.24 Å². The monoisotopic (exact) mass is 223 g/mol. The number of nitriles is 1. The third-order valence-electron chi connectivity index (χ3n) is 0.383. The first-order valence-corrected chi connectivity index (χ1v) is 3.88. The van der Waals surface area contributed by atoms with Crippen LogP contribution in [0.25, 0.3) is 0 Å². The van der Waals surface area contributed by atoms with Crippen LogP contribution in [0.5, 0.6) is 0 Å². The highest BCUT2D eigenvalue weighted by atomic mass is 32.1. The summed E-state index contributed by atoms with van der Waals surface area (Å²) >= 11 is 6.58. The summed E-state index contributed by atoms with van der Waals surface area (Å²) in [5.74, 6) is 0. The molecule has 0 saturated carbocycles. The molecule has 0 aromatic rings. The summed E-state index contributed by atoms with van der Waals surface area (Å²) in [6, 6.07) is 1.75. The number of carbonyl (C=O) groups excluding carboxylic acids is 2. The molecule has 0 fully saturated rings. The first kappa shape index (κ1) is 18.0. The Labute approximate surface area is 88.7 Å². The maximum Gasteiger partial charge on any atom is 0.278 e. The van der Waals surface area contributed by atoms with Crippen LogP contribution in [0.2, 0.25) is 0 Å². The maximum atomic E-state index is 9.93. The molecule has 0 spiro atoms. The Morgan fingerprint density at radius 1 is 1.38 bits per heavy atom. The molecule has 2 N–H and O–H groups in total. The number of hydrogen-bond donors (Lipinski definition) is 3. The predicted octanol–water partition coefficient (Wildman–Crippen LogP) is 1.12. The number of rotatable bonds is 0. The van der Waals surface area contributed by atoms with E-state index in [1.807, 2.05) is 0 Å². The molecule has 2 amide bonds. The minimum Gasteiger partial charge on any atom is -0.361 e. The summed E-state index contributed by atoms with van der Waals surface area (Å²) in [6.45, 7) is 1.43. The Bertz CT molecular complexity index is 185. The third-order valence-corrected chi connectivity index (χ3v) is 0.783. The lowest BCUT2D eigenvalue weighted by atomic mass is 11.0. The predicted molar refractivity (Wildman–Crippen MR) is 57.9 cm³/mol. The molecular weight excluding hydrogens is 210 g/mol. The smallest absolute Gasteiger partial charge is 0.278 e. The molecule has 0 aliphatic heterocycles. The van der Waals surface area contributed by atoms with Gasteiger partial charge in [-0.1, -0.05) is 25.3 Å². The van der Waals surface area contributed by atoms with E-state index in [2.05, 4.69) is 31.0 Å². The lowest BCUT2D eigenvalue weighted by Gasteiger charge is -2.01. The van der Waals surface area contributed by atoms with Crippen LogP contribution in [0, 0.1) is 11.3 Å². The molecule has 0 heterocycles. The SMILES string of the molecule is CC#N.CN(C)C(=O)S.NC(=O)S. The largest absolute Gasteiger partial charge is 0.361 e. The number of nitrogens with zero attached hydrogens (tertiary/aromatic N) is 2. The normalized spacial score (nSPS) is 6.15. The zero-order valence-electron chi connectivity index (χ0n) is 7.68. The Morgan fingerprint density at radius 3 is 1.46 bits per heavy atom. The molecule has 0 aliphatic rings. The summed E-state index contributed by atoms with van der Waals surface area (Å²) in [6.07, 6.45) is 0. The van der Waals surface area contributed by atoms with Gasteiger partial charge in [-0.3, -0.25) is 9.59 Å². The van der Waals surface area contributed by atoms with Crippen molar-refractivity contribution in [3.05, 3.63) is 0 Å². The van der Waals surface area contributed by atoms with Gasteiger partial charge in [0.1, 0.15) is 0 Å². The third kappa shape index (κ3) is 94.7. The van der Waals surface area contributed by atoms with E-state index in [0.717, 1.165) is 0 Å². The van der Waals surface area contributed by atoms with E-state index in [0.29, 0.717) is 0 Å². The van der Waals surface area contributed by atoms with E-state index >= 15 is 0 Å². The Balaban J connectivity index is -0.000000125. The van der Waals surface area contributed by atoms with Crippen molar-refractivity contribution < 1.29 is 9.59 Å². The van der Waals surface area contributed by atoms with Crippen molar-refractivity contribution in [3.8, 4) is 6.07 Å². The fourth-order valence-corrected chi connectivity index (χ4v) is 0. The second-order valence-electron chi connectivity index (χ2n) is 1.74. The van der Waals surface area contributed by atoms with E-state index in [1.54, 1.807) is 20.2 Å². The summed E-state index contributed by atoms with van der Waals surface area (Å²) < 4.78 is 0. The number of thiol groups is 2. The molecule has 0 radical (unpaired) electrons. The molecule has 0 bridgehead atoms. The Hall–Kier alpha value is -0.870. The van der Waals surface area contributed by atoms with Crippen molar-refractivity contribution in [2.24, 2.45) is 5.73 Å². The van der Waals surface area contributed by atoms with Crippen molar-refractivity contribution in [1.29, 1.82) is 5.26 Å². The molecule has 5 nitrogen and oxygen atoms in total. The second kappa shape index (κ2) is 13.7. The number of amides is 2. The van der Waals surface area contributed by atoms with Gasteiger partial charge >= 0.3 is 0 Å². The zero-order valence-corrected chi connectivity index (χ0v) is 9.47. The molecule has 7 heteroatoms. The quantitative estimate of drug-likeness (QED) is 0.538. The molecule has 0 aromatic carbocycles. The van der Waals surface area contributed by atoms with Crippen LogP contribution in [-0.2, 0) is 0 Å². The molecule has 0 aromatic heterocycles. The molecule has 0 saturated heterocycles. The lowest BCUT2D eigenvalue weighted by Crippen LogP contribution is -2.13. The van der Waals surface area contributed by atoms with Crippen molar-refractivity contribution in [2.45, 2.75) is 6.92 Å². The van der Waals surface area contributed by atoms with E-state index in [9.17, 15) is 4.79 Å². The van der Waals surface area contributed by atoms with Crippen LogP contribution < -0.4 is 5.73 Å². The molecule has 76 valence electrons. The standard InChI is InChI=1S/C3H7NOS.C2H3N.CH3NOS/c1-4(2)3(5)6;1-2-3;2-1(3)4/h1-2H3,(H,5,6);1H3;(H3,2,3,4). The van der Waals surface area contributed by atoms with Gasteiger partial charge in [0.05, 0.1) is 6.07 Å². The number of hydrogen-bond acceptors (Lipinski definition) is 3. The average molecular weight is 223 g/mol. The van der Waals surface area contributed by atoms with Gasteiger partial charge in [-0.2, -0.15) is 5.26 Å². The van der Waals surface area contributed by atoms with Crippen molar-refractivity contribution in [3.63, 3.8) is 0 Å². The van der Waals surface area contributed by atoms with Gasteiger partial charge in [-0.25, -0.2) is 0 Å². The minimum atomic E-state index is -0.639. The van der Waals surface area contributed by atoms with E-state index in [-0.39, 0.29) is 5.24 Å². The van der Waals surface area contributed by atoms with Gasteiger partial charge in [0, 0.05) is 21.0 Å². The number of primary amides is 1. The van der Waals surface area contributed by atoms with Gasteiger partial charge in [0.15, 0.2) is 0 Å². The highest BCUT2D eigenvalue weighted by Crippen LogP contribution is 1.82. The second-order valence-corrected chi connectivity index (χ2v) is 2.56. The van der Waals surface area contributed by atoms with Crippen LogP contribution in [0.3, 0.4) is 0 Å². The first-order valence-electron chi connectivity index (χ1n) is 2.99. The van der Waals surface area contributed by atoms with Gasteiger partial charge in [0.25, 0.3) is 10.5 Å². The summed E-state index contributed by atoms with van der Waals surface area (Å²) in [7, 11) is 3.30. The molecule has 0 unspecified atom stereocenters. The van der Waals surface area contributed by atoms with Crippen LogP contribution in [0.4, 0.5) is 9.59 Å². The topological polar surface area (TPSA) is 87.2 Å². The van der Waals surface area contributed by atoms with Crippen LogP contribution in [-0.4, -0.2) is 29.5 Å². The summed E-state index contributed by atoms with van der Waals surface area (Å²) in [5, 5.41) is 6.47. The van der Waals surface area contributed by atoms with E-state index in [1.165, 1.54) is 11.8 Å². The fourth-order valence-electron chi connectivity index (χ4n) is 0. The molecular formula is C6H13N3O2S2. The Kier molecular flexibility index (Phi) is 19.0. The van der Waals surface area contributed by atoms with Crippen molar-refractivity contribution in [1.82, 2.24) is 4.90 Å². The number of nitrogens with two attached hydrogens (primary N) is 1. The summed E-state index contributed by atoms with van der Waals surface area (Å²) in [5.41, 5.74) is 4.34. The zero-order chi connectivity index (χ0) is 11.4. The van der Waals surface area contributed by atoms with Crippen molar-refractivity contribution in [2.75, 3.05) is 14.1 Å². The Morgan fingerprint density at radius 2 is 1.46 bits per heavy atom. The van der Waals surface area contributed by atoms with Crippen LogP contribution in [0.15, 0.2) is 0 Å². The van der Waals surface area contributed by atoms with Crippen LogP contribution >= 0.6 is 25.3 Å². The van der Waals surface area contributed by atoms with Gasteiger partial charge in [0.2, 0.25) is 0 Å². The maximum absolute atomic E-state index is 9.93. The lowest BCUT2D eigenvalue weighted by molar-refractivity contribution is 0.241. The fraction of sp³-hybridized carbons (Fsp3) is 0.500. The van der Waals surface area contributed by atoms with Crippen molar-refractivity contribution >= 4 is 35.7 Å². The molecule has 13 heavy (non-hydrogen) atoms. The van der Waals surface area contributed by atoms with E-state index in [4.69, 9.17) is 10.1 Å². The van der Waals surface area contributed by atoms with Gasteiger partial charge in [-0.05, 0) is 0 Å². The average Bonchev–Trinajstić information content (AvgIpc) is 1.87. The molecule has 0 aliphatic carbocycles. The summed E-state index contributed by atoms with van der Waals surface area (Å²) in [4.78, 5) is 20.4. The molecule has 0 atom stereocenters. The van der Waals surface area contributed by atoms with Gasteiger partial charge in [-0.15, -0.1) is 0 Å². The highest BCUT2D eigenvalue weighted by molar-refractivity contribution is 7.96. The van der Waals surface area contributed by atoms with Crippen LogP contribution in [0.1, 0.15) is 6.92 Å². The molecule has 0 rings (SSSR count). The minimum absolute atomic E-state index is 0.213. The first-order chi connectivity index (χ1) is 5.79. The van der Waals surface area contributed by atoms with Gasteiger partial charge < -0.3 is 10.6 Å². The number of carbonyl (C=O) groups is 2. The highest BCUT2D eigenvalue weighted by Gasteiger charge is 1.89.